The van der Waals surface area contributed by atoms with E-state index in [1.165, 1.54) is 11.0 Å². The number of rotatable bonds is 4. The first-order chi connectivity index (χ1) is 12.1. The fraction of sp³-hybridized carbons (Fsp3) is 0.188. The van der Waals surface area contributed by atoms with Crippen LogP contribution in [0, 0.1) is 6.92 Å². The second-order valence-electron chi connectivity index (χ2n) is 5.33. The zero-order valence-corrected chi connectivity index (χ0v) is 14.4. The predicted molar refractivity (Wildman–Crippen MR) is 93.7 cm³/mol. The number of halogens is 1. The zero-order valence-electron chi connectivity index (χ0n) is 13.6. The summed E-state index contributed by atoms with van der Waals surface area (Å²) in [5, 5.41) is 10.2. The van der Waals surface area contributed by atoms with Crippen LogP contribution in [-0.2, 0) is 0 Å². The number of nitrogens with one attached hydrogen (secondary N) is 2. The van der Waals surface area contributed by atoms with Gasteiger partial charge >= 0.3 is 6.03 Å². The van der Waals surface area contributed by atoms with Gasteiger partial charge in [-0.1, -0.05) is 23.7 Å². The summed E-state index contributed by atoms with van der Waals surface area (Å²) in [7, 11) is 0. The lowest BCUT2D eigenvalue weighted by atomic mass is 10.2. The number of para-hydroxylation sites is 1. The van der Waals surface area contributed by atoms with E-state index in [1.54, 1.807) is 31.5 Å². The molecular formula is C16H16ClN7O. The smallest absolute Gasteiger partial charge is 0.319 e. The molecule has 0 aliphatic rings. The van der Waals surface area contributed by atoms with E-state index in [0.717, 1.165) is 5.56 Å². The minimum absolute atomic E-state index is 0.381. The summed E-state index contributed by atoms with van der Waals surface area (Å²) >= 11 is 6.13. The Morgan fingerprint density at radius 2 is 1.96 bits per heavy atom. The van der Waals surface area contributed by atoms with E-state index in [9.17, 15) is 4.79 Å². The van der Waals surface area contributed by atoms with Crippen LogP contribution in [-0.4, -0.2) is 30.8 Å². The molecule has 1 unspecified atom stereocenters. The Balaban J connectivity index is 1.74. The lowest BCUT2D eigenvalue weighted by Crippen LogP contribution is -2.33. The summed E-state index contributed by atoms with van der Waals surface area (Å²) in [6, 6.07) is 6.30. The summed E-state index contributed by atoms with van der Waals surface area (Å²) in [6.07, 6.45) is 4.61. The van der Waals surface area contributed by atoms with E-state index >= 15 is 0 Å². The number of carbonyl (C=O) groups is 1. The van der Waals surface area contributed by atoms with Crippen molar-refractivity contribution in [3.05, 3.63) is 59.4 Å². The highest BCUT2D eigenvalue weighted by molar-refractivity contribution is 6.33. The predicted octanol–water partition coefficient (Wildman–Crippen LogP) is 2.90. The van der Waals surface area contributed by atoms with Gasteiger partial charge in [-0.05, 0) is 31.5 Å². The monoisotopic (exact) mass is 357 g/mol. The van der Waals surface area contributed by atoms with Gasteiger partial charge in [0.1, 0.15) is 6.33 Å². The minimum Gasteiger partial charge on any atom is -0.328 e. The van der Waals surface area contributed by atoms with Crippen molar-refractivity contribution in [2.24, 2.45) is 0 Å². The highest BCUT2D eigenvalue weighted by atomic mass is 35.5. The first kappa shape index (κ1) is 16.8. The van der Waals surface area contributed by atoms with Crippen molar-refractivity contribution in [2.75, 3.05) is 5.32 Å². The summed E-state index contributed by atoms with van der Waals surface area (Å²) in [4.78, 5) is 24.8. The Hall–Kier alpha value is -3.00. The normalized spacial score (nSPS) is 11.8. The first-order valence-corrected chi connectivity index (χ1v) is 7.94. The molecule has 2 N–H and O–H groups in total. The molecule has 128 valence electrons. The van der Waals surface area contributed by atoms with Crippen LogP contribution < -0.4 is 10.6 Å². The molecule has 0 aliphatic carbocycles. The van der Waals surface area contributed by atoms with Gasteiger partial charge in [0.05, 0.1) is 16.8 Å². The second-order valence-corrected chi connectivity index (χ2v) is 5.74. The average molecular weight is 358 g/mol. The Morgan fingerprint density at radius 3 is 2.68 bits per heavy atom. The molecule has 0 fully saturated rings. The second kappa shape index (κ2) is 7.27. The first-order valence-electron chi connectivity index (χ1n) is 7.56. The third-order valence-electron chi connectivity index (χ3n) is 3.51. The van der Waals surface area contributed by atoms with Gasteiger partial charge in [0.15, 0.2) is 5.82 Å². The number of amides is 2. The van der Waals surface area contributed by atoms with E-state index in [-0.39, 0.29) is 0 Å². The van der Waals surface area contributed by atoms with Crippen LogP contribution in [0.2, 0.25) is 5.02 Å². The topological polar surface area (TPSA) is 97.6 Å². The molecule has 1 atom stereocenters. The van der Waals surface area contributed by atoms with Crippen molar-refractivity contribution < 1.29 is 4.79 Å². The zero-order chi connectivity index (χ0) is 17.8. The van der Waals surface area contributed by atoms with E-state index < -0.39 is 12.1 Å². The molecule has 0 spiro atoms. The Morgan fingerprint density at radius 1 is 1.20 bits per heavy atom. The molecule has 2 heterocycles. The lowest BCUT2D eigenvalue weighted by Gasteiger charge is -2.16. The molecular weight excluding hydrogens is 342 g/mol. The molecule has 25 heavy (non-hydrogen) atoms. The number of benzene rings is 1. The Bertz CT molecular complexity index is 861. The fourth-order valence-corrected chi connectivity index (χ4v) is 2.57. The van der Waals surface area contributed by atoms with Crippen LogP contribution in [0.15, 0.2) is 43.0 Å². The van der Waals surface area contributed by atoms with Crippen LogP contribution >= 0.6 is 11.6 Å². The van der Waals surface area contributed by atoms with Crippen LogP contribution in [0.25, 0.3) is 5.95 Å². The maximum atomic E-state index is 12.3. The lowest BCUT2D eigenvalue weighted by molar-refractivity contribution is 0.248. The SMILES string of the molecule is Cc1cccc(Cl)c1NC(=O)NC(C)c1ncnn1-c1ncccn1. The number of anilines is 1. The number of carbonyl (C=O) groups excluding carboxylic acids is 1. The van der Waals surface area contributed by atoms with Crippen molar-refractivity contribution in [1.29, 1.82) is 0 Å². The van der Waals surface area contributed by atoms with Gasteiger partial charge in [-0.3, -0.25) is 0 Å². The highest BCUT2D eigenvalue weighted by Gasteiger charge is 2.18. The van der Waals surface area contributed by atoms with Crippen molar-refractivity contribution in [1.82, 2.24) is 30.0 Å². The molecule has 2 aromatic heterocycles. The van der Waals surface area contributed by atoms with E-state index in [2.05, 4.69) is 30.7 Å². The van der Waals surface area contributed by atoms with Crippen molar-refractivity contribution in [3.63, 3.8) is 0 Å². The van der Waals surface area contributed by atoms with Crippen molar-refractivity contribution in [2.45, 2.75) is 19.9 Å². The maximum absolute atomic E-state index is 12.3. The third kappa shape index (κ3) is 3.74. The molecule has 0 aliphatic heterocycles. The van der Waals surface area contributed by atoms with Gasteiger partial charge in [0.2, 0.25) is 0 Å². The molecule has 3 aromatic rings. The van der Waals surface area contributed by atoms with Gasteiger partial charge in [0.25, 0.3) is 5.95 Å². The van der Waals surface area contributed by atoms with Gasteiger partial charge in [0, 0.05) is 12.4 Å². The molecule has 0 saturated carbocycles. The molecule has 9 heteroatoms. The molecule has 2 amide bonds. The molecule has 0 radical (unpaired) electrons. The number of urea groups is 1. The van der Waals surface area contributed by atoms with Crippen LogP contribution in [0.5, 0.6) is 0 Å². The highest BCUT2D eigenvalue weighted by Crippen LogP contribution is 2.25. The van der Waals surface area contributed by atoms with E-state index in [0.29, 0.717) is 22.5 Å². The van der Waals surface area contributed by atoms with Gasteiger partial charge in [-0.2, -0.15) is 9.78 Å². The number of aryl methyl sites for hydroxylation is 1. The molecule has 8 nitrogen and oxygen atoms in total. The van der Waals surface area contributed by atoms with Crippen LogP contribution in [0.3, 0.4) is 0 Å². The molecule has 0 saturated heterocycles. The molecule has 1 aromatic carbocycles. The van der Waals surface area contributed by atoms with E-state index in [1.807, 2.05) is 19.1 Å². The summed E-state index contributed by atoms with van der Waals surface area (Å²) in [5.41, 5.74) is 1.44. The van der Waals surface area contributed by atoms with Gasteiger partial charge < -0.3 is 10.6 Å². The van der Waals surface area contributed by atoms with Crippen molar-refractivity contribution in [3.8, 4) is 5.95 Å². The standard InChI is InChI=1S/C16H16ClN7O/c1-10-5-3-6-12(17)13(10)23-16(25)22-11(2)14-20-9-21-24(14)15-18-7-4-8-19-15/h3-9,11H,1-2H3,(H2,22,23,25). The number of hydrogen-bond donors (Lipinski definition) is 2. The Labute approximate surface area is 149 Å². The summed E-state index contributed by atoms with van der Waals surface area (Å²) in [5.74, 6) is 0.892. The minimum atomic E-state index is -0.422. The van der Waals surface area contributed by atoms with Gasteiger partial charge in [-0.15, -0.1) is 0 Å². The molecule has 0 bridgehead atoms. The molecule has 3 rings (SSSR count). The average Bonchev–Trinajstić information content (AvgIpc) is 3.09. The van der Waals surface area contributed by atoms with Crippen LogP contribution in [0.1, 0.15) is 24.4 Å². The quantitative estimate of drug-likeness (QED) is 0.748. The number of hydrogen-bond acceptors (Lipinski definition) is 5. The Kier molecular flexibility index (Phi) is 4.90. The number of aromatic nitrogens is 5. The summed E-state index contributed by atoms with van der Waals surface area (Å²) in [6.45, 7) is 3.66. The fourth-order valence-electron chi connectivity index (χ4n) is 2.30. The van der Waals surface area contributed by atoms with E-state index in [4.69, 9.17) is 11.6 Å². The largest absolute Gasteiger partial charge is 0.328 e. The van der Waals surface area contributed by atoms with Gasteiger partial charge in [-0.25, -0.2) is 19.7 Å². The number of nitrogens with zero attached hydrogens (tertiary/aromatic N) is 5. The maximum Gasteiger partial charge on any atom is 0.319 e. The van der Waals surface area contributed by atoms with Crippen LogP contribution in [0.4, 0.5) is 10.5 Å². The third-order valence-corrected chi connectivity index (χ3v) is 3.83. The summed E-state index contributed by atoms with van der Waals surface area (Å²) < 4.78 is 1.48. The van der Waals surface area contributed by atoms with Crippen molar-refractivity contribution >= 4 is 23.3 Å².